The van der Waals surface area contributed by atoms with Crippen LogP contribution in [0.15, 0.2) is 35.5 Å². The number of allylic oxidation sites excluding steroid dienone is 4. The lowest BCUT2D eigenvalue weighted by molar-refractivity contribution is 0.0596. The van der Waals surface area contributed by atoms with Gasteiger partial charge in [0.1, 0.15) is 0 Å². The molecule has 3 aliphatic carbocycles. The van der Waals surface area contributed by atoms with Crippen molar-refractivity contribution in [1.29, 1.82) is 0 Å². The molecule has 30 heavy (non-hydrogen) atoms. The third-order valence-corrected chi connectivity index (χ3v) is 8.36. The van der Waals surface area contributed by atoms with Crippen LogP contribution in [0, 0.1) is 23.2 Å². The summed E-state index contributed by atoms with van der Waals surface area (Å²) in [6.07, 6.45) is 16.9. The van der Waals surface area contributed by atoms with Crippen LogP contribution in [-0.2, 0) is 0 Å². The van der Waals surface area contributed by atoms with E-state index >= 15 is 0 Å². The molecule has 0 aromatic carbocycles. The Bertz CT molecular complexity index is 654. The number of aliphatic hydroxyl groups is 2. The van der Waals surface area contributed by atoms with E-state index in [2.05, 4.69) is 32.6 Å². The van der Waals surface area contributed by atoms with E-state index in [0.717, 1.165) is 49.9 Å². The Morgan fingerprint density at radius 2 is 1.93 bits per heavy atom. The van der Waals surface area contributed by atoms with Gasteiger partial charge in [0.05, 0.1) is 11.7 Å². The fraction of sp³-hybridized carbons (Fsp3) is 0.778. The monoisotopic (exact) mass is 418 g/mol. The smallest absolute Gasteiger partial charge is 0.0591 e. The van der Waals surface area contributed by atoms with E-state index < -0.39 is 5.60 Å². The summed E-state index contributed by atoms with van der Waals surface area (Å²) in [5.41, 5.74) is 4.02. The molecule has 3 saturated carbocycles. The first-order chi connectivity index (χ1) is 13.6. The largest absolute Gasteiger partial charge is 0.412 e. The molecule has 0 aliphatic heterocycles. The van der Waals surface area contributed by atoms with Crippen molar-refractivity contribution in [1.82, 2.24) is 0 Å². The topological polar surface area (TPSA) is 72.0 Å². The Morgan fingerprint density at radius 1 is 1.20 bits per heavy atom. The Kier molecular flexibility index (Phi) is 8.58. The Labute approximate surface area is 184 Å². The van der Waals surface area contributed by atoms with Gasteiger partial charge in [-0.2, -0.15) is 0 Å². The van der Waals surface area contributed by atoms with Crippen molar-refractivity contribution in [2.75, 3.05) is 0 Å². The van der Waals surface area contributed by atoms with Crippen LogP contribution in [0.25, 0.3) is 0 Å². The minimum atomic E-state index is -0.535. The van der Waals surface area contributed by atoms with Crippen molar-refractivity contribution in [3.05, 3.63) is 35.5 Å². The Hall–Kier alpha value is -0.900. The van der Waals surface area contributed by atoms with E-state index in [9.17, 15) is 10.2 Å². The third kappa shape index (κ3) is 5.87. The van der Waals surface area contributed by atoms with Gasteiger partial charge in [0.2, 0.25) is 0 Å². The zero-order chi connectivity index (χ0) is 21.2. The number of hydrogen-bond acceptors (Lipinski definition) is 2. The van der Waals surface area contributed by atoms with Crippen LogP contribution in [0.3, 0.4) is 0 Å². The fourth-order valence-electron chi connectivity index (χ4n) is 6.67. The minimum Gasteiger partial charge on any atom is -0.412 e. The molecule has 172 valence electrons. The highest BCUT2D eigenvalue weighted by atomic mass is 16.3. The second kappa shape index (κ2) is 10.1. The van der Waals surface area contributed by atoms with Crippen LogP contribution in [0.1, 0.15) is 98.3 Å². The second-order valence-corrected chi connectivity index (χ2v) is 11.2. The molecule has 0 heterocycles. The summed E-state index contributed by atoms with van der Waals surface area (Å²) in [6, 6.07) is 0. The van der Waals surface area contributed by atoms with Crippen molar-refractivity contribution in [2.45, 2.75) is 110 Å². The Morgan fingerprint density at radius 3 is 2.63 bits per heavy atom. The second-order valence-electron chi connectivity index (χ2n) is 11.2. The molecule has 0 amide bonds. The molecule has 3 rings (SSSR count). The molecule has 3 fully saturated rings. The van der Waals surface area contributed by atoms with E-state index in [1.807, 2.05) is 13.8 Å². The maximum absolute atomic E-state index is 10.0. The van der Waals surface area contributed by atoms with Gasteiger partial charge in [0, 0.05) is 0 Å². The molecular weight excluding hydrogens is 372 g/mol. The quantitative estimate of drug-likeness (QED) is 0.563. The van der Waals surface area contributed by atoms with Gasteiger partial charge < -0.3 is 15.7 Å². The van der Waals surface area contributed by atoms with E-state index in [1.54, 1.807) is 5.57 Å². The summed E-state index contributed by atoms with van der Waals surface area (Å²) in [5, 5.41) is 20.1. The van der Waals surface area contributed by atoms with Gasteiger partial charge in [-0.15, -0.1) is 0 Å². The summed E-state index contributed by atoms with van der Waals surface area (Å²) in [6.45, 7) is 13.1. The molecule has 0 saturated heterocycles. The summed E-state index contributed by atoms with van der Waals surface area (Å²) in [7, 11) is 0. The average Bonchev–Trinajstić information content (AvgIpc) is 2.99. The maximum atomic E-state index is 10.0. The van der Waals surface area contributed by atoms with Crippen LogP contribution < -0.4 is 0 Å². The van der Waals surface area contributed by atoms with E-state index in [4.69, 9.17) is 0 Å². The van der Waals surface area contributed by atoms with Gasteiger partial charge >= 0.3 is 0 Å². The molecule has 3 nitrogen and oxygen atoms in total. The van der Waals surface area contributed by atoms with Gasteiger partial charge in [0.25, 0.3) is 0 Å². The van der Waals surface area contributed by atoms with Crippen LogP contribution in [-0.4, -0.2) is 27.4 Å². The molecule has 3 heteroatoms. The molecule has 0 aromatic rings. The van der Waals surface area contributed by atoms with E-state index in [-0.39, 0.29) is 11.6 Å². The van der Waals surface area contributed by atoms with Gasteiger partial charge in [-0.25, -0.2) is 0 Å². The molecule has 3 aliphatic rings. The standard InChI is InChI=1S/C27H44O2.H2O/c1-19-10-13-23(28)18-22(19)12-11-21-9-7-17-27(5)24(14-15-25(21)27)20(2)8-6-16-26(3,4)29;/h11-12,20,23-25,28-29H,1,6-10,13-18H2,2-5H3;1H2. The predicted octanol–water partition coefficient (Wildman–Crippen LogP) is 5.91. The molecule has 0 bridgehead atoms. The zero-order valence-corrected chi connectivity index (χ0v) is 19.8. The molecule has 5 unspecified atom stereocenters. The van der Waals surface area contributed by atoms with Crippen molar-refractivity contribution >= 4 is 0 Å². The first kappa shape index (κ1) is 25.4. The number of fused-ring (bicyclic) bond motifs is 1. The van der Waals surface area contributed by atoms with E-state index in [0.29, 0.717) is 5.41 Å². The molecule has 0 spiro atoms. The molecule has 0 radical (unpaired) electrons. The zero-order valence-electron chi connectivity index (χ0n) is 19.8. The summed E-state index contributed by atoms with van der Waals surface area (Å²) in [4.78, 5) is 0. The highest BCUT2D eigenvalue weighted by Crippen LogP contribution is 2.60. The van der Waals surface area contributed by atoms with Crippen LogP contribution in [0.4, 0.5) is 0 Å². The number of aliphatic hydroxyl groups excluding tert-OH is 1. The predicted molar refractivity (Wildman–Crippen MR) is 126 cm³/mol. The van der Waals surface area contributed by atoms with Gasteiger partial charge in [-0.1, -0.05) is 56.6 Å². The fourth-order valence-corrected chi connectivity index (χ4v) is 6.67. The lowest BCUT2D eigenvalue weighted by Gasteiger charge is -2.44. The number of rotatable bonds is 6. The van der Waals surface area contributed by atoms with Crippen molar-refractivity contribution < 1.29 is 15.7 Å². The molecule has 4 N–H and O–H groups in total. The van der Waals surface area contributed by atoms with Crippen LogP contribution in [0.5, 0.6) is 0 Å². The van der Waals surface area contributed by atoms with E-state index in [1.165, 1.54) is 49.7 Å². The molecule has 0 aromatic heterocycles. The highest BCUT2D eigenvalue weighted by molar-refractivity contribution is 5.36. The van der Waals surface area contributed by atoms with Gasteiger partial charge in [0.15, 0.2) is 0 Å². The Balaban J connectivity index is 0.00000320. The van der Waals surface area contributed by atoms with Crippen molar-refractivity contribution in [2.24, 2.45) is 23.2 Å². The number of hydrogen-bond donors (Lipinski definition) is 2. The molecule has 5 atom stereocenters. The first-order valence-electron chi connectivity index (χ1n) is 12.1. The van der Waals surface area contributed by atoms with Crippen LogP contribution >= 0.6 is 0 Å². The van der Waals surface area contributed by atoms with Gasteiger partial charge in [-0.05, 0) is 100 Å². The van der Waals surface area contributed by atoms with Crippen molar-refractivity contribution in [3.8, 4) is 0 Å². The van der Waals surface area contributed by atoms with Gasteiger partial charge in [-0.3, -0.25) is 0 Å². The van der Waals surface area contributed by atoms with Crippen molar-refractivity contribution in [3.63, 3.8) is 0 Å². The first-order valence-corrected chi connectivity index (χ1v) is 12.1. The normalized spacial score (nSPS) is 35.9. The highest BCUT2D eigenvalue weighted by Gasteiger charge is 2.50. The summed E-state index contributed by atoms with van der Waals surface area (Å²) < 4.78 is 0. The SMILES string of the molecule is C=C1CCC(O)CC1=CC=C1CCCC2(C)C1CCC2C(C)CCCC(C)(C)O.O. The maximum Gasteiger partial charge on any atom is 0.0591 e. The molecular formula is C27H46O3. The third-order valence-electron chi connectivity index (χ3n) is 8.36. The lowest BCUT2D eigenvalue weighted by Crippen LogP contribution is -2.36. The lowest BCUT2D eigenvalue weighted by atomic mass is 9.60. The minimum absolute atomic E-state index is 0. The van der Waals surface area contributed by atoms with Crippen LogP contribution in [0.2, 0.25) is 0 Å². The summed E-state index contributed by atoms with van der Waals surface area (Å²) in [5.74, 6) is 2.26. The average molecular weight is 419 g/mol. The summed E-state index contributed by atoms with van der Waals surface area (Å²) >= 11 is 0.